The highest BCUT2D eigenvalue weighted by Crippen LogP contribution is 2.34. The number of rotatable bonds is 8. The zero-order valence-corrected chi connectivity index (χ0v) is 13.6. The topological polar surface area (TPSA) is 61.4 Å². The Morgan fingerprint density at radius 3 is 2.45 bits per heavy atom. The molecule has 1 fully saturated rings. The predicted molar refractivity (Wildman–Crippen MR) is 88.7 cm³/mol. The Hall–Kier alpha value is -1.55. The van der Waals surface area contributed by atoms with Gasteiger partial charge >= 0.3 is 6.03 Å². The Balaban J connectivity index is 1.89. The van der Waals surface area contributed by atoms with E-state index >= 15 is 0 Å². The van der Waals surface area contributed by atoms with Crippen molar-refractivity contribution in [2.75, 3.05) is 6.61 Å². The third-order valence-electron chi connectivity index (χ3n) is 4.37. The molecule has 0 radical (unpaired) electrons. The summed E-state index contributed by atoms with van der Waals surface area (Å²) < 4.78 is 0. The van der Waals surface area contributed by atoms with Gasteiger partial charge in [-0.1, -0.05) is 44.2 Å². The molecule has 1 aromatic rings. The summed E-state index contributed by atoms with van der Waals surface area (Å²) in [6.07, 6.45) is 3.87. The molecule has 0 aromatic heterocycles. The molecule has 3 N–H and O–H groups in total. The van der Waals surface area contributed by atoms with Crippen molar-refractivity contribution < 1.29 is 9.90 Å². The number of nitrogens with one attached hydrogen (secondary N) is 2. The van der Waals surface area contributed by atoms with Crippen molar-refractivity contribution in [3.8, 4) is 0 Å². The minimum Gasteiger partial charge on any atom is -0.396 e. The van der Waals surface area contributed by atoms with E-state index in [2.05, 4.69) is 36.6 Å². The lowest BCUT2D eigenvalue weighted by Crippen LogP contribution is -2.49. The van der Waals surface area contributed by atoms with Crippen LogP contribution in [0.1, 0.15) is 38.7 Å². The fourth-order valence-electron chi connectivity index (χ4n) is 2.79. The SMILES string of the molecule is CC(C)C(CCO)NC(=O)NC(Cc1ccccc1)C1CC1. The van der Waals surface area contributed by atoms with E-state index in [4.69, 9.17) is 5.11 Å². The summed E-state index contributed by atoms with van der Waals surface area (Å²) in [4.78, 5) is 12.3. The molecule has 1 aromatic carbocycles. The van der Waals surface area contributed by atoms with Crippen molar-refractivity contribution in [1.82, 2.24) is 10.6 Å². The van der Waals surface area contributed by atoms with Gasteiger partial charge in [-0.3, -0.25) is 0 Å². The van der Waals surface area contributed by atoms with Crippen molar-refractivity contribution >= 4 is 6.03 Å². The molecule has 0 saturated heterocycles. The highest BCUT2D eigenvalue weighted by molar-refractivity contribution is 5.74. The summed E-state index contributed by atoms with van der Waals surface area (Å²) in [5.41, 5.74) is 1.26. The third kappa shape index (κ3) is 5.34. The van der Waals surface area contributed by atoms with E-state index in [1.807, 2.05) is 18.2 Å². The van der Waals surface area contributed by atoms with Crippen molar-refractivity contribution in [2.24, 2.45) is 11.8 Å². The molecule has 1 aliphatic carbocycles. The standard InChI is InChI=1S/C18H28N2O2/c1-13(2)16(10-11-21)19-18(22)20-17(15-8-9-15)12-14-6-4-3-5-7-14/h3-7,13,15-17,21H,8-12H2,1-2H3,(H2,19,20,22). The molecule has 0 spiro atoms. The summed E-state index contributed by atoms with van der Waals surface area (Å²) in [5, 5.41) is 15.2. The lowest BCUT2D eigenvalue weighted by atomic mass is 10.0. The number of hydrogen-bond acceptors (Lipinski definition) is 2. The van der Waals surface area contributed by atoms with Gasteiger partial charge in [0.15, 0.2) is 0 Å². The predicted octanol–water partition coefficient (Wildman–Crippen LogP) is 2.71. The molecule has 0 aliphatic heterocycles. The third-order valence-corrected chi connectivity index (χ3v) is 4.37. The Morgan fingerprint density at radius 1 is 1.23 bits per heavy atom. The number of benzene rings is 1. The number of hydrogen-bond donors (Lipinski definition) is 3. The van der Waals surface area contributed by atoms with Gasteiger partial charge in [-0.2, -0.15) is 0 Å². The fourth-order valence-corrected chi connectivity index (χ4v) is 2.79. The summed E-state index contributed by atoms with van der Waals surface area (Å²) >= 11 is 0. The Labute approximate surface area is 133 Å². The van der Waals surface area contributed by atoms with Crippen LogP contribution in [0.15, 0.2) is 30.3 Å². The van der Waals surface area contributed by atoms with Gasteiger partial charge < -0.3 is 15.7 Å². The maximum absolute atomic E-state index is 12.3. The largest absolute Gasteiger partial charge is 0.396 e. The molecule has 2 rings (SSSR count). The van der Waals surface area contributed by atoms with Gasteiger partial charge in [-0.25, -0.2) is 4.79 Å². The Kier molecular flexibility index (Phi) is 6.25. The number of carbonyl (C=O) groups excluding carboxylic acids is 1. The van der Waals surface area contributed by atoms with E-state index in [1.165, 1.54) is 18.4 Å². The van der Waals surface area contributed by atoms with E-state index in [9.17, 15) is 4.79 Å². The molecule has 1 saturated carbocycles. The van der Waals surface area contributed by atoms with Crippen LogP contribution in [0.2, 0.25) is 0 Å². The average Bonchev–Trinajstić information content (AvgIpc) is 3.31. The van der Waals surface area contributed by atoms with Crippen molar-refractivity contribution in [3.63, 3.8) is 0 Å². The van der Waals surface area contributed by atoms with Gasteiger partial charge in [0.2, 0.25) is 0 Å². The smallest absolute Gasteiger partial charge is 0.315 e. The quantitative estimate of drug-likeness (QED) is 0.691. The van der Waals surface area contributed by atoms with E-state index < -0.39 is 0 Å². The number of urea groups is 1. The van der Waals surface area contributed by atoms with E-state index in [0.717, 1.165) is 6.42 Å². The molecule has 1 aliphatic rings. The maximum Gasteiger partial charge on any atom is 0.315 e. The fraction of sp³-hybridized carbons (Fsp3) is 0.611. The molecule has 0 heterocycles. The highest BCUT2D eigenvalue weighted by Gasteiger charge is 2.32. The lowest BCUT2D eigenvalue weighted by Gasteiger charge is -2.24. The van der Waals surface area contributed by atoms with Gasteiger partial charge in [0.1, 0.15) is 0 Å². The van der Waals surface area contributed by atoms with Crippen LogP contribution in [0.3, 0.4) is 0 Å². The second-order valence-electron chi connectivity index (χ2n) is 6.61. The number of aliphatic hydroxyl groups is 1. The van der Waals surface area contributed by atoms with E-state index in [1.54, 1.807) is 0 Å². The second-order valence-corrected chi connectivity index (χ2v) is 6.61. The van der Waals surface area contributed by atoms with Gasteiger partial charge in [0, 0.05) is 18.7 Å². The summed E-state index contributed by atoms with van der Waals surface area (Å²) in [6.45, 7) is 4.21. The Bertz CT molecular complexity index is 457. The van der Waals surface area contributed by atoms with Crippen molar-refractivity contribution in [1.29, 1.82) is 0 Å². The van der Waals surface area contributed by atoms with Gasteiger partial charge in [0.05, 0.1) is 0 Å². The van der Waals surface area contributed by atoms with Crippen LogP contribution in [-0.4, -0.2) is 29.8 Å². The molecular formula is C18H28N2O2. The highest BCUT2D eigenvalue weighted by atomic mass is 16.3. The molecule has 2 atom stereocenters. The zero-order valence-electron chi connectivity index (χ0n) is 13.6. The van der Waals surface area contributed by atoms with E-state index in [0.29, 0.717) is 18.3 Å². The first-order chi connectivity index (χ1) is 10.6. The number of carbonyl (C=O) groups is 1. The first-order valence-corrected chi connectivity index (χ1v) is 8.32. The minimum absolute atomic E-state index is 0.0154. The number of aliphatic hydroxyl groups excluding tert-OH is 1. The summed E-state index contributed by atoms with van der Waals surface area (Å²) in [7, 11) is 0. The van der Waals surface area contributed by atoms with Gasteiger partial charge in [-0.15, -0.1) is 0 Å². The Morgan fingerprint density at radius 2 is 1.91 bits per heavy atom. The van der Waals surface area contributed by atoms with Crippen LogP contribution in [0, 0.1) is 11.8 Å². The molecule has 4 nitrogen and oxygen atoms in total. The van der Waals surface area contributed by atoms with Crippen LogP contribution < -0.4 is 10.6 Å². The van der Waals surface area contributed by atoms with Gasteiger partial charge in [0.25, 0.3) is 0 Å². The average molecular weight is 304 g/mol. The molecule has 122 valence electrons. The first-order valence-electron chi connectivity index (χ1n) is 8.32. The molecule has 2 unspecified atom stereocenters. The van der Waals surface area contributed by atoms with Crippen LogP contribution in [0.5, 0.6) is 0 Å². The summed E-state index contributed by atoms with van der Waals surface area (Å²) in [6, 6.07) is 10.4. The lowest BCUT2D eigenvalue weighted by molar-refractivity contribution is 0.214. The van der Waals surface area contributed by atoms with Crippen molar-refractivity contribution in [3.05, 3.63) is 35.9 Å². The van der Waals surface area contributed by atoms with Crippen LogP contribution in [0.4, 0.5) is 4.79 Å². The van der Waals surface area contributed by atoms with E-state index in [-0.39, 0.29) is 24.7 Å². The van der Waals surface area contributed by atoms with Crippen LogP contribution in [0.25, 0.3) is 0 Å². The minimum atomic E-state index is -0.111. The molecule has 4 heteroatoms. The number of amides is 2. The second kappa shape index (κ2) is 8.18. The molecule has 22 heavy (non-hydrogen) atoms. The summed E-state index contributed by atoms with van der Waals surface area (Å²) in [5.74, 6) is 0.910. The zero-order chi connectivity index (χ0) is 15.9. The molecular weight excluding hydrogens is 276 g/mol. The molecule has 2 amide bonds. The van der Waals surface area contributed by atoms with Crippen LogP contribution >= 0.6 is 0 Å². The maximum atomic E-state index is 12.3. The van der Waals surface area contributed by atoms with Crippen LogP contribution in [-0.2, 0) is 6.42 Å². The normalized spacial score (nSPS) is 17.1. The molecule has 0 bridgehead atoms. The van der Waals surface area contributed by atoms with Crippen molar-refractivity contribution in [2.45, 2.75) is 51.6 Å². The van der Waals surface area contributed by atoms with Gasteiger partial charge in [-0.05, 0) is 43.1 Å². The monoisotopic (exact) mass is 304 g/mol. The first kappa shape index (κ1) is 16.8.